The summed E-state index contributed by atoms with van der Waals surface area (Å²) in [4.78, 5) is 4.72. The highest BCUT2D eigenvalue weighted by atomic mass is 15.1. The zero-order valence-electron chi connectivity index (χ0n) is 45.9. The molecule has 2 nitrogen and oxygen atoms in total. The van der Waals surface area contributed by atoms with E-state index in [0.717, 1.165) is 67.5 Å². The third-order valence-corrected chi connectivity index (χ3v) is 14.6. The second kappa shape index (κ2) is 24.5. The molecule has 0 bridgehead atoms. The molecule has 0 aliphatic carbocycles. The van der Waals surface area contributed by atoms with Crippen LogP contribution in [0.4, 0.5) is 34.1 Å². The van der Waals surface area contributed by atoms with Crippen LogP contribution in [0.25, 0.3) is 47.6 Å². The van der Waals surface area contributed by atoms with E-state index >= 15 is 0 Å². The molecule has 11 rings (SSSR count). The van der Waals surface area contributed by atoms with Crippen LogP contribution in [0.1, 0.15) is 77.9 Å². The smallest absolute Gasteiger partial charge is 0.0490 e. The fourth-order valence-corrected chi connectivity index (χ4v) is 10.4. The van der Waals surface area contributed by atoms with Gasteiger partial charge in [-0.1, -0.05) is 254 Å². The molecule has 0 fully saturated rings. The van der Waals surface area contributed by atoms with Crippen molar-refractivity contribution in [3.63, 3.8) is 0 Å². The minimum absolute atomic E-state index is 1.10. The Morgan fingerprint density at radius 3 is 0.738 bits per heavy atom. The average molecular weight is 1030 g/mol. The minimum Gasteiger partial charge on any atom is -0.310 e. The first kappa shape index (κ1) is 52.1. The van der Waals surface area contributed by atoms with Gasteiger partial charge in [-0.15, -0.1) is 0 Å². The second-order valence-corrected chi connectivity index (χ2v) is 20.5. The average Bonchev–Trinajstić information content (AvgIpc) is 3.54. The maximum Gasteiger partial charge on any atom is 0.0490 e. The van der Waals surface area contributed by atoms with Crippen molar-refractivity contribution in [3.8, 4) is 0 Å². The molecule has 2 heteroatoms. The van der Waals surface area contributed by atoms with Gasteiger partial charge in [0.15, 0.2) is 0 Å². The minimum atomic E-state index is 1.10. The van der Waals surface area contributed by atoms with Gasteiger partial charge in [-0.3, -0.25) is 0 Å². The van der Waals surface area contributed by atoms with E-state index < -0.39 is 0 Å². The molecule has 0 saturated heterocycles. The lowest BCUT2D eigenvalue weighted by Crippen LogP contribution is -2.11. The molecule has 11 aromatic rings. The molecule has 80 heavy (non-hydrogen) atoms. The van der Waals surface area contributed by atoms with E-state index in [1.165, 1.54) is 55.7 Å². The van der Waals surface area contributed by atoms with Crippen LogP contribution in [-0.2, 0) is 0 Å². The van der Waals surface area contributed by atoms with E-state index in [4.69, 9.17) is 0 Å². The van der Waals surface area contributed by atoms with Crippen molar-refractivity contribution in [2.45, 2.75) is 27.7 Å². The second-order valence-electron chi connectivity index (χ2n) is 20.5. The van der Waals surface area contributed by atoms with E-state index in [9.17, 15) is 0 Å². The number of hydrogen-bond acceptors (Lipinski definition) is 2. The van der Waals surface area contributed by atoms with E-state index in [2.05, 4.69) is 353 Å². The van der Waals surface area contributed by atoms with Gasteiger partial charge in [0, 0.05) is 34.1 Å². The fourth-order valence-electron chi connectivity index (χ4n) is 10.4. The number of hydrogen-bond donors (Lipinski definition) is 0. The van der Waals surface area contributed by atoms with Crippen molar-refractivity contribution < 1.29 is 0 Å². The van der Waals surface area contributed by atoms with Gasteiger partial charge >= 0.3 is 0 Å². The Kier molecular flexibility index (Phi) is 16.0. The zero-order valence-corrected chi connectivity index (χ0v) is 45.9. The molecule has 11 aromatic carbocycles. The Bertz CT molecular complexity index is 3600. The molecule has 0 amide bonds. The van der Waals surface area contributed by atoms with E-state index in [1.807, 2.05) is 0 Å². The van der Waals surface area contributed by atoms with Crippen LogP contribution in [0, 0.1) is 27.7 Å². The molecule has 386 valence electrons. The van der Waals surface area contributed by atoms with Gasteiger partial charge in [0.2, 0.25) is 0 Å². The van der Waals surface area contributed by atoms with E-state index in [1.54, 1.807) is 0 Å². The Hall–Kier alpha value is -10.0. The van der Waals surface area contributed by atoms with Gasteiger partial charge in [0.25, 0.3) is 0 Å². The lowest BCUT2D eigenvalue weighted by Gasteiger charge is -2.27. The Labute approximate surface area is 473 Å². The summed E-state index contributed by atoms with van der Waals surface area (Å²) in [6.07, 6.45) is 13.3. The summed E-state index contributed by atoms with van der Waals surface area (Å²) in [7, 11) is 0. The van der Waals surface area contributed by atoms with Crippen LogP contribution in [0.5, 0.6) is 0 Å². The SMILES string of the molecule is Cc1ccc(N(c2ccc(C=C(c3ccccc3)c3ccccc3)cc2)c2ccc(/C=C/c3ccc(/C=C/c4ccc(N(c5ccc(C=C(c6ccccc6)c6ccccc6)cc5)c5ccc(C)cc5C)cc4)cc3)cc2)c(C)c1. The summed E-state index contributed by atoms with van der Waals surface area (Å²) in [5, 5.41) is 0. The highest BCUT2D eigenvalue weighted by Crippen LogP contribution is 2.40. The monoisotopic (exact) mass is 1030 g/mol. The van der Waals surface area contributed by atoms with Gasteiger partial charge in [-0.2, -0.15) is 0 Å². The van der Waals surface area contributed by atoms with Crippen LogP contribution < -0.4 is 9.80 Å². The number of benzene rings is 11. The van der Waals surface area contributed by atoms with Crippen molar-refractivity contribution >= 4 is 81.7 Å². The molecule has 0 aliphatic rings. The van der Waals surface area contributed by atoms with Gasteiger partial charge < -0.3 is 9.80 Å². The van der Waals surface area contributed by atoms with Crippen molar-refractivity contribution in [1.82, 2.24) is 0 Å². The van der Waals surface area contributed by atoms with E-state index in [0.29, 0.717) is 0 Å². The van der Waals surface area contributed by atoms with Crippen molar-refractivity contribution in [2.24, 2.45) is 0 Å². The lowest BCUT2D eigenvalue weighted by atomic mass is 9.95. The predicted molar refractivity (Wildman–Crippen MR) is 345 cm³/mol. The van der Waals surface area contributed by atoms with Crippen LogP contribution in [-0.4, -0.2) is 0 Å². The standard InChI is InChI=1S/C78H64N2/c1-57-25-51-77(59(3)53-57)79(73-47-39-65(40-48-73)55-75(67-17-9-5-10-18-67)68-19-11-6-12-20-68)71-43-35-63(36-44-71)33-31-61-27-29-62(30-28-61)32-34-64-37-45-72(46-38-64)80(78-52-26-58(2)54-60(78)4)74-49-41-66(42-50-74)56-76(69-21-13-7-14-22-69)70-23-15-8-16-24-70/h5-56H,1-4H3/b33-31+,34-32+. The number of anilines is 6. The molecule has 0 unspecified atom stereocenters. The molecule has 0 spiro atoms. The summed E-state index contributed by atoms with van der Waals surface area (Å²) >= 11 is 0. The zero-order chi connectivity index (χ0) is 54.6. The summed E-state index contributed by atoms with van der Waals surface area (Å²) in [6, 6.07) is 100. The summed E-state index contributed by atoms with van der Waals surface area (Å²) in [6.45, 7) is 8.70. The van der Waals surface area contributed by atoms with Crippen LogP contribution >= 0.6 is 0 Å². The van der Waals surface area contributed by atoms with Gasteiger partial charge in [-0.25, -0.2) is 0 Å². The maximum absolute atomic E-state index is 2.36. The molecule has 0 radical (unpaired) electrons. The van der Waals surface area contributed by atoms with Crippen molar-refractivity contribution in [1.29, 1.82) is 0 Å². The number of aryl methyl sites for hydroxylation is 4. The molecule has 0 saturated carbocycles. The van der Waals surface area contributed by atoms with Gasteiger partial charge in [0.05, 0.1) is 0 Å². The molecule has 0 heterocycles. The lowest BCUT2D eigenvalue weighted by molar-refractivity contribution is 1.24. The molecular weight excluding hydrogens is 965 g/mol. The molecule has 0 aromatic heterocycles. The van der Waals surface area contributed by atoms with E-state index in [-0.39, 0.29) is 0 Å². The first-order valence-electron chi connectivity index (χ1n) is 27.5. The Balaban J connectivity index is 0.781. The quantitative estimate of drug-likeness (QED) is 0.0890. The highest BCUT2D eigenvalue weighted by molar-refractivity contribution is 5.93. The Morgan fingerprint density at radius 1 is 0.250 bits per heavy atom. The summed E-state index contributed by atoms with van der Waals surface area (Å²) in [5.41, 5.74) is 25.7. The molecule has 0 N–H and O–H groups in total. The summed E-state index contributed by atoms with van der Waals surface area (Å²) < 4.78 is 0. The normalized spacial score (nSPS) is 11.2. The topological polar surface area (TPSA) is 6.48 Å². The number of rotatable bonds is 16. The van der Waals surface area contributed by atoms with Crippen molar-refractivity contribution in [2.75, 3.05) is 9.80 Å². The van der Waals surface area contributed by atoms with Gasteiger partial charge in [-0.05, 0) is 178 Å². The Morgan fingerprint density at radius 2 is 0.487 bits per heavy atom. The largest absolute Gasteiger partial charge is 0.310 e. The first-order valence-corrected chi connectivity index (χ1v) is 27.5. The van der Waals surface area contributed by atoms with Crippen LogP contribution in [0.2, 0.25) is 0 Å². The molecule has 0 atom stereocenters. The highest BCUT2D eigenvalue weighted by Gasteiger charge is 2.17. The molecular formula is C78H64N2. The van der Waals surface area contributed by atoms with Crippen LogP contribution in [0.3, 0.4) is 0 Å². The van der Waals surface area contributed by atoms with Crippen molar-refractivity contribution in [3.05, 3.63) is 357 Å². The number of nitrogens with zero attached hydrogens (tertiary/aromatic N) is 2. The summed E-state index contributed by atoms with van der Waals surface area (Å²) in [5.74, 6) is 0. The van der Waals surface area contributed by atoms with Gasteiger partial charge in [0.1, 0.15) is 0 Å². The first-order chi connectivity index (χ1) is 39.3. The maximum atomic E-state index is 2.36. The predicted octanol–water partition coefficient (Wildman–Crippen LogP) is 21.4. The van der Waals surface area contributed by atoms with Crippen LogP contribution in [0.15, 0.2) is 279 Å². The third kappa shape index (κ3) is 12.5. The fraction of sp³-hybridized carbons (Fsp3) is 0.0513. The third-order valence-electron chi connectivity index (χ3n) is 14.6. The molecule has 0 aliphatic heterocycles.